The average molecular weight is 393 g/mol. The summed E-state index contributed by atoms with van der Waals surface area (Å²) in [6.45, 7) is 3.06. The normalized spacial score (nSPS) is 16.3. The van der Waals surface area contributed by atoms with E-state index in [4.69, 9.17) is 16.6 Å². The zero-order chi connectivity index (χ0) is 19.1. The molecule has 0 saturated carbocycles. The lowest BCUT2D eigenvalue weighted by Gasteiger charge is -2.23. The third kappa shape index (κ3) is 3.03. The third-order valence-corrected chi connectivity index (χ3v) is 5.60. The molecule has 0 amide bonds. The number of halogens is 1. The van der Waals surface area contributed by atoms with Crippen LogP contribution < -0.4 is 5.32 Å². The standard InChI is InChI=1S/C21H21ClN6/c1-2-27-19-9-8-17(12-15(19)13-23-27)24-21-25-20-18(7-4-10-28(20)26-21)14-5-3-6-16(22)11-14/h3-7,10-11,13,17H,2,8-9,12H2,1H3,(H,24,26). The number of hydrogen-bond donors (Lipinski definition) is 1. The fourth-order valence-corrected chi connectivity index (χ4v) is 4.21. The van der Waals surface area contributed by atoms with Crippen molar-refractivity contribution in [2.75, 3.05) is 5.32 Å². The molecule has 28 heavy (non-hydrogen) atoms. The number of rotatable bonds is 4. The molecular weight excluding hydrogens is 372 g/mol. The van der Waals surface area contributed by atoms with Crippen LogP contribution in [0.15, 0.2) is 48.8 Å². The number of anilines is 1. The van der Waals surface area contributed by atoms with Crippen molar-refractivity contribution in [2.45, 2.75) is 38.8 Å². The lowest BCUT2D eigenvalue weighted by Crippen LogP contribution is -2.28. The second-order valence-electron chi connectivity index (χ2n) is 7.15. The van der Waals surface area contributed by atoms with Gasteiger partial charge in [0.15, 0.2) is 5.65 Å². The highest BCUT2D eigenvalue weighted by atomic mass is 35.5. The molecule has 5 rings (SSSR count). The van der Waals surface area contributed by atoms with Crippen molar-refractivity contribution in [1.82, 2.24) is 24.4 Å². The molecule has 6 nitrogen and oxygen atoms in total. The highest BCUT2D eigenvalue weighted by Crippen LogP contribution is 2.27. The van der Waals surface area contributed by atoms with E-state index in [1.54, 1.807) is 0 Å². The van der Waals surface area contributed by atoms with Crippen LogP contribution in [-0.2, 0) is 19.4 Å². The van der Waals surface area contributed by atoms with Crippen LogP contribution in [0.4, 0.5) is 5.95 Å². The molecule has 0 bridgehead atoms. The molecule has 1 aliphatic rings. The molecule has 4 aromatic rings. The van der Waals surface area contributed by atoms with Crippen LogP contribution in [0.3, 0.4) is 0 Å². The van der Waals surface area contributed by atoms with E-state index in [2.05, 4.69) is 27.1 Å². The second kappa shape index (κ2) is 6.95. The van der Waals surface area contributed by atoms with Crippen LogP contribution in [0.2, 0.25) is 5.02 Å². The Morgan fingerprint density at radius 2 is 2.18 bits per heavy atom. The zero-order valence-electron chi connectivity index (χ0n) is 15.6. The van der Waals surface area contributed by atoms with Gasteiger partial charge in [-0.3, -0.25) is 4.68 Å². The Morgan fingerprint density at radius 3 is 3.04 bits per heavy atom. The van der Waals surface area contributed by atoms with Crippen molar-refractivity contribution < 1.29 is 0 Å². The van der Waals surface area contributed by atoms with Crippen molar-refractivity contribution >= 4 is 23.2 Å². The fraction of sp³-hybridized carbons (Fsp3) is 0.286. The van der Waals surface area contributed by atoms with E-state index in [0.717, 1.165) is 42.6 Å². The summed E-state index contributed by atoms with van der Waals surface area (Å²) >= 11 is 6.17. The Labute approximate surface area is 168 Å². The average Bonchev–Trinajstić information content (AvgIpc) is 3.30. The Balaban J connectivity index is 1.42. The van der Waals surface area contributed by atoms with Crippen LogP contribution in [0.5, 0.6) is 0 Å². The fourth-order valence-electron chi connectivity index (χ4n) is 4.01. The highest BCUT2D eigenvalue weighted by molar-refractivity contribution is 6.30. The molecule has 0 radical (unpaired) electrons. The van der Waals surface area contributed by atoms with Crippen LogP contribution in [0.25, 0.3) is 16.8 Å². The summed E-state index contributed by atoms with van der Waals surface area (Å²) < 4.78 is 3.92. The van der Waals surface area contributed by atoms with Gasteiger partial charge in [-0.25, -0.2) is 4.52 Å². The molecule has 1 aromatic carbocycles. The van der Waals surface area contributed by atoms with Crippen LogP contribution in [-0.4, -0.2) is 30.4 Å². The highest BCUT2D eigenvalue weighted by Gasteiger charge is 2.23. The van der Waals surface area contributed by atoms with Gasteiger partial charge >= 0.3 is 0 Å². The van der Waals surface area contributed by atoms with Crippen molar-refractivity contribution in [3.63, 3.8) is 0 Å². The maximum absolute atomic E-state index is 6.17. The number of pyridine rings is 1. The molecule has 0 saturated heterocycles. The number of fused-ring (bicyclic) bond motifs is 2. The number of aromatic nitrogens is 5. The maximum atomic E-state index is 6.17. The molecule has 1 unspecified atom stereocenters. The minimum atomic E-state index is 0.314. The van der Waals surface area contributed by atoms with Crippen LogP contribution in [0, 0.1) is 0 Å². The Kier molecular flexibility index (Phi) is 4.28. The Bertz CT molecular complexity index is 1140. The quantitative estimate of drug-likeness (QED) is 0.564. The van der Waals surface area contributed by atoms with Gasteiger partial charge in [0.1, 0.15) is 0 Å². The van der Waals surface area contributed by atoms with E-state index >= 15 is 0 Å². The summed E-state index contributed by atoms with van der Waals surface area (Å²) in [7, 11) is 0. The van der Waals surface area contributed by atoms with E-state index in [-0.39, 0.29) is 0 Å². The number of hydrogen-bond acceptors (Lipinski definition) is 4. The van der Waals surface area contributed by atoms with Crippen LogP contribution in [0.1, 0.15) is 24.6 Å². The van der Waals surface area contributed by atoms with Gasteiger partial charge in [0.05, 0.1) is 6.20 Å². The SMILES string of the molecule is CCn1ncc2c1CCC(Nc1nc3c(-c4cccc(Cl)c4)cccn3n1)C2. The molecule has 142 valence electrons. The van der Waals surface area contributed by atoms with E-state index in [9.17, 15) is 0 Å². The van der Waals surface area contributed by atoms with Crippen molar-refractivity contribution in [3.8, 4) is 11.1 Å². The molecular formula is C21H21ClN6. The van der Waals surface area contributed by atoms with Crippen molar-refractivity contribution in [2.24, 2.45) is 0 Å². The molecule has 3 aromatic heterocycles. The van der Waals surface area contributed by atoms with E-state index in [1.807, 2.05) is 53.3 Å². The topological polar surface area (TPSA) is 60.0 Å². The molecule has 7 heteroatoms. The lowest BCUT2D eigenvalue weighted by atomic mass is 9.93. The van der Waals surface area contributed by atoms with Gasteiger partial charge in [0.25, 0.3) is 0 Å². The molecule has 1 aliphatic carbocycles. The predicted molar refractivity (Wildman–Crippen MR) is 111 cm³/mol. The maximum Gasteiger partial charge on any atom is 0.243 e. The van der Waals surface area contributed by atoms with Gasteiger partial charge in [0.2, 0.25) is 5.95 Å². The second-order valence-corrected chi connectivity index (χ2v) is 7.59. The number of aryl methyl sites for hydroxylation is 1. The van der Waals surface area contributed by atoms with E-state index in [0.29, 0.717) is 17.0 Å². The predicted octanol–water partition coefficient (Wildman–Crippen LogP) is 4.24. The third-order valence-electron chi connectivity index (χ3n) is 5.36. The summed E-state index contributed by atoms with van der Waals surface area (Å²) in [6.07, 6.45) is 6.95. The van der Waals surface area contributed by atoms with Gasteiger partial charge < -0.3 is 5.32 Å². The molecule has 0 spiro atoms. The number of nitrogens with zero attached hydrogens (tertiary/aromatic N) is 5. The van der Waals surface area contributed by atoms with Gasteiger partial charge in [-0.1, -0.05) is 23.7 Å². The van der Waals surface area contributed by atoms with Gasteiger partial charge in [-0.2, -0.15) is 10.1 Å². The first kappa shape index (κ1) is 17.3. The first-order chi connectivity index (χ1) is 13.7. The molecule has 0 aliphatic heterocycles. The largest absolute Gasteiger partial charge is 0.350 e. The molecule has 3 heterocycles. The van der Waals surface area contributed by atoms with Gasteiger partial charge in [0, 0.05) is 35.1 Å². The lowest BCUT2D eigenvalue weighted by molar-refractivity contribution is 0.552. The minimum absolute atomic E-state index is 0.314. The number of benzene rings is 1. The first-order valence-corrected chi connectivity index (χ1v) is 10.0. The first-order valence-electron chi connectivity index (χ1n) is 9.62. The van der Waals surface area contributed by atoms with Crippen molar-refractivity contribution in [3.05, 3.63) is 65.1 Å². The smallest absolute Gasteiger partial charge is 0.243 e. The summed E-state index contributed by atoms with van der Waals surface area (Å²) in [5.74, 6) is 0.658. The Morgan fingerprint density at radius 1 is 1.25 bits per heavy atom. The number of nitrogens with one attached hydrogen (secondary N) is 1. The van der Waals surface area contributed by atoms with E-state index < -0.39 is 0 Å². The van der Waals surface area contributed by atoms with E-state index in [1.165, 1.54) is 11.3 Å². The van der Waals surface area contributed by atoms with Crippen LogP contribution >= 0.6 is 11.6 Å². The monoisotopic (exact) mass is 392 g/mol. The van der Waals surface area contributed by atoms with Crippen molar-refractivity contribution in [1.29, 1.82) is 0 Å². The summed E-state index contributed by atoms with van der Waals surface area (Å²) in [6, 6.07) is 12.2. The Hall–Kier alpha value is -2.86. The van der Waals surface area contributed by atoms with Gasteiger partial charge in [-0.05, 0) is 61.6 Å². The molecule has 0 fully saturated rings. The zero-order valence-corrected chi connectivity index (χ0v) is 16.4. The molecule has 1 N–H and O–H groups in total. The summed E-state index contributed by atoms with van der Waals surface area (Å²) in [5, 5.41) is 13.4. The molecule has 1 atom stereocenters. The minimum Gasteiger partial charge on any atom is -0.350 e. The van der Waals surface area contributed by atoms with Gasteiger partial charge in [-0.15, -0.1) is 5.10 Å². The summed E-state index contributed by atoms with van der Waals surface area (Å²) in [4.78, 5) is 4.77. The summed E-state index contributed by atoms with van der Waals surface area (Å²) in [5.41, 5.74) is 5.57.